The van der Waals surface area contributed by atoms with Gasteiger partial charge in [0.1, 0.15) is 18.3 Å². The molecule has 3 aliphatic rings. The summed E-state index contributed by atoms with van der Waals surface area (Å²) in [5.41, 5.74) is 0.855. The van der Waals surface area contributed by atoms with Gasteiger partial charge in [-0.1, -0.05) is 30.3 Å². The van der Waals surface area contributed by atoms with Crippen LogP contribution >= 0.6 is 0 Å². The molecule has 1 aromatic rings. The summed E-state index contributed by atoms with van der Waals surface area (Å²) in [6, 6.07) is 9.51. The summed E-state index contributed by atoms with van der Waals surface area (Å²) in [6.45, 7) is 4.03. The third kappa shape index (κ3) is 3.83. The molecule has 8 nitrogen and oxygen atoms in total. The molecule has 2 N–H and O–H groups in total. The van der Waals surface area contributed by atoms with E-state index in [2.05, 4.69) is 0 Å². The van der Waals surface area contributed by atoms with Crippen molar-refractivity contribution >= 4 is 0 Å². The topological polar surface area (TPSA) is 95.8 Å². The number of fused-ring (bicyclic) bond motifs is 1. The minimum absolute atomic E-state index is 0.221. The summed E-state index contributed by atoms with van der Waals surface area (Å²) in [7, 11) is 1.48. The van der Waals surface area contributed by atoms with E-state index < -0.39 is 54.8 Å². The van der Waals surface area contributed by atoms with Crippen LogP contribution in [0.15, 0.2) is 30.3 Å². The van der Waals surface area contributed by atoms with Crippen LogP contribution in [0.3, 0.4) is 0 Å². The SMILES string of the molecule is CO[C@H]1O[C@@H]2CO[C@@H](c3ccccc3)O[C@H]2[C@@H](O)[C@H]1[C@H](O)[C@H]1COC(C)(C)O1. The van der Waals surface area contributed by atoms with Gasteiger partial charge >= 0.3 is 0 Å². The van der Waals surface area contributed by atoms with Crippen LogP contribution in [-0.4, -0.2) is 73.1 Å². The maximum Gasteiger partial charge on any atom is 0.184 e. The second-order valence-corrected chi connectivity index (χ2v) is 7.88. The molecule has 3 aliphatic heterocycles. The highest BCUT2D eigenvalue weighted by atomic mass is 16.8. The van der Waals surface area contributed by atoms with E-state index in [0.29, 0.717) is 0 Å². The van der Waals surface area contributed by atoms with Crippen LogP contribution in [-0.2, 0) is 28.4 Å². The smallest absolute Gasteiger partial charge is 0.184 e. The highest BCUT2D eigenvalue weighted by Crippen LogP contribution is 2.39. The normalized spacial score (nSPS) is 41.4. The highest BCUT2D eigenvalue weighted by molar-refractivity contribution is 5.16. The van der Waals surface area contributed by atoms with Crippen LogP contribution in [0, 0.1) is 5.92 Å². The fourth-order valence-corrected chi connectivity index (χ4v) is 4.10. The number of rotatable bonds is 4. The molecule has 156 valence electrons. The van der Waals surface area contributed by atoms with E-state index in [1.54, 1.807) is 13.8 Å². The van der Waals surface area contributed by atoms with Gasteiger partial charge < -0.3 is 38.6 Å². The number of ether oxygens (including phenoxy) is 6. The molecule has 0 saturated carbocycles. The van der Waals surface area contributed by atoms with Crippen molar-refractivity contribution in [3.63, 3.8) is 0 Å². The largest absolute Gasteiger partial charge is 0.390 e. The summed E-state index contributed by atoms with van der Waals surface area (Å²) in [5.74, 6) is -1.55. The minimum Gasteiger partial charge on any atom is -0.390 e. The highest BCUT2D eigenvalue weighted by Gasteiger charge is 2.54. The van der Waals surface area contributed by atoms with Gasteiger partial charge in [0, 0.05) is 12.7 Å². The molecule has 0 unspecified atom stereocenters. The Balaban J connectivity index is 1.51. The van der Waals surface area contributed by atoms with E-state index in [1.165, 1.54) is 7.11 Å². The molecule has 0 bridgehead atoms. The molecule has 28 heavy (non-hydrogen) atoms. The summed E-state index contributed by atoms with van der Waals surface area (Å²) in [5, 5.41) is 22.0. The van der Waals surface area contributed by atoms with Crippen LogP contribution in [0.2, 0.25) is 0 Å². The maximum absolute atomic E-state index is 11.1. The zero-order valence-electron chi connectivity index (χ0n) is 16.3. The molecule has 3 heterocycles. The Hall–Kier alpha value is -1.10. The molecule has 0 amide bonds. The summed E-state index contributed by atoms with van der Waals surface area (Å²) in [6.07, 6.45) is -5.27. The molecule has 4 rings (SSSR count). The van der Waals surface area contributed by atoms with Crippen molar-refractivity contribution in [2.45, 2.75) is 62.7 Å². The van der Waals surface area contributed by atoms with Gasteiger partial charge in [-0.15, -0.1) is 0 Å². The Morgan fingerprint density at radius 3 is 2.54 bits per heavy atom. The third-order valence-corrected chi connectivity index (χ3v) is 5.52. The van der Waals surface area contributed by atoms with E-state index in [0.717, 1.165) is 5.56 Å². The predicted octanol–water partition coefficient (Wildman–Crippen LogP) is 0.961. The van der Waals surface area contributed by atoms with E-state index in [-0.39, 0.29) is 13.2 Å². The van der Waals surface area contributed by atoms with E-state index in [4.69, 9.17) is 28.4 Å². The lowest BCUT2D eigenvalue weighted by atomic mass is 9.84. The Morgan fingerprint density at radius 1 is 1.14 bits per heavy atom. The molecular formula is C20H28O8. The second-order valence-electron chi connectivity index (χ2n) is 7.88. The summed E-state index contributed by atoms with van der Waals surface area (Å²) in [4.78, 5) is 0. The maximum atomic E-state index is 11.1. The van der Waals surface area contributed by atoms with Gasteiger partial charge in [0.05, 0.1) is 31.3 Å². The molecule has 0 aromatic heterocycles. The quantitative estimate of drug-likeness (QED) is 0.777. The third-order valence-electron chi connectivity index (χ3n) is 5.52. The van der Waals surface area contributed by atoms with Crippen LogP contribution in [0.5, 0.6) is 0 Å². The van der Waals surface area contributed by atoms with Crippen LogP contribution < -0.4 is 0 Å². The number of aliphatic hydroxyl groups excluding tert-OH is 2. The number of aliphatic hydroxyl groups is 2. The number of hydrogen-bond donors (Lipinski definition) is 2. The predicted molar refractivity (Wildman–Crippen MR) is 96.1 cm³/mol. The molecule has 3 fully saturated rings. The molecule has 1 aromatic carbocycles. The Labute approximate surface area is 164 Å². The first-order valence-corrected chi connectivity index (χ1v) is 9.58. The van der Waals surface area contributed by atoms with Crippen molar-refractivity contribution in [1.29, 1.82) is 0 Å². The first kappa shape index (κ1) is 20.2. The standard InChI is InChI=1S/C20H28O8/c1-20(2)25-10-12(28-20)15(21)14-16(22)17-13(26-19(14)23-3)9-24-18(27-17)11-7-5-4-6-8-11/h4-8,12-19,21-22H,9-10H2,1-3H3/t12-,13-,14-,15-,16+,17-,18-,19+/m1/s1. The van der Waals surface area contributed by atoms with Crippen molar-refractivity contribution in [2.24, 2.45) is 5.92 Å². The van der Waals surface area contributed by atoms with Crippen molar-refractivity contribution < 1.29 is 38.6 Å². The summed E-state index contributed by atoms with van der Waals surface area (Å²) < 4.78 is 34.5. The first-order chi connectivity index (χ1) is 13.4. The lowest BCUT2D eigenvalue weighted by molar-refractivity contribution is -0.360. The summed E-state index contributed by atoms with van der Waals surface area (Å²) >= 11 is 0. The molecule has 3 saturated heterocycles. The zero-order chi connectivity index (χ0) is 19.9. The average Bonchev–Trinajstić information content (AvgIpc) is 3.07. The first-order valence-electron chi connectivity index (χ1n) is 9.58. The zero-order valence-corrected chi connectivity index (χ0v) is 16.3. The van der Waals surface area contributed by atoms with Crippen LogP contribution in [0.1, 0.15) is 25.7 Å². The van der Waals surface area contributed by atoms with Crippen molar-refractivity contribution in [3.05, 3.63) is 35.9 Å². The van der Waals surface area contributed by atoms with E-state index in [9.17, 15) is 10.2 Å². The molecule has 8 atom stereocenters. The minimum atomic E-state index is -1.05. The van der Waals surface area contributed by atoms with Crippen molar-refractivity contribution in [3.8, 4) is 0 Å². The number of benzene rings is 1. The number of hydrogen-bond acceptors (Lipinski definition) is 8. The van der Waals surface area contributed by atoms with Gasteiger partial charge in [-0.2, -0.15) is 0 Å². The molecule has 0 spiro atoms. The molecule has 8 heteroatoms. The lowest BCUT2D eigenvalue weighted by Crippen LogP contribution is -2.63. The number of methoxy groups -OCH3 is 1. The van der Waals surface area contributed by atoms with Crippen LogP contribution in [0.4, 0.5) is 0 Å². The fourth-order valence-electron chi connectivity index (χ4n) is 4.10. The lowest BCUT2D eigenvalue weighted by Gasteiger charge is -2.49. The molecule has 0 radical (unpaired) electrons. The van der Waals surface area contributed by atoms with Gasteiger partial charge in [-0.05, 0) is 13.8 Å². The fraction of sp³-hybridized carbons (Fsp3) is 0.700. The monoisotopic (exact) mass is 396 g/mol. The van der Waals surface area contributed by atoms with Gasteiger partial charge in [-0.25, -0.2) is 0 Å². The van der Waals surface area contributed by atoms with Gasteiger partial charge in [0.25, 0.3) is 0 Å². The van der Waals surface area contributed by atoms with Crippen molar-refractivity contribution in [2.75, 3.05) is 20.3 Å². The Kier molecular flexibility index (Phi) is 5.74. The second kappa shape index (κ2) is 7.97. The Bertz CT molecular complexity index is 653. The van der Waals surface area contributed by atoms with E-state index >= 15 is 0 Å². The van der Waals surface area contributed by atoms with Crippen molar-refractivity contribution in [1.82, 2.24) is 0 Å². The Morgan fingerprint density at radius 2 is 1.89 bits per heavy atom. The van der Waals surface area contributed by atoms with E-state index in [1.807, 2.05) is 30.3 Å². The molecular weight excluding hydrogens is 368 g/mol. The average molecular weight is 396 g/mol. The van der Waals surface area contributed by atoms with Crippen LogP contribution in [0.25, 0.3) is 0 Å². The van der Waals surface area contributed by atoms with Gasteiger partial charge in [0.2, 0.25) is 0 Å². The van der Waals surface area contributed by atoms with Gasteiger partial charge in [-0.3, -0.25) is 0 Å². The molecule has 0 aliphatic carbocycles. The van der Waals surface area contributed by atoms with Gasteiger partial charge in [0.15, 0.2) is 18.4 Å².